The molecule has 2 N–H and O–H groups in total. The van der Waals surface area contributed by atoms with Gasteiger partial charge in [0.25, 0.3) is 5.91 Å². The molecule has 7 heteroatoms. The number of aliphatic hydroxyl groups excluding tert-OH is 1. The van der Waals surface area contributed by atoms with E-state index in [9.17, 15) is 14.9 Å². The second-order valence-corrected chi connectivity index (χ2v) is 4.94. The Bertz CT molecular complexity index is 490. The molecule has 0 aromatic heterocycles. The Morgan fingerprint density at radius 1 is 1.43 bits per heavy atom. The highest BCUT2D eigenvalue weighted by atomic mass is 16.6. The largest absolute Gasteiger partial charge is 0.477 e. The first kappa shape index (κ1) is 16.9. The summed E-state index contributed by atoms with van der Waals surface area (Å²) in [5.74, 6) is -0.145. The monoisotopic (exact) mass is 296 g/mol. The number of carbonyl (C=O) groups is 1. The van der Waals surface area contributed by atoms with E-state index >= 15 is 0 Å². The van der Waals surface area contributed by atoms with Crippen molar-refractivity contribution in [1.29, 1.82) is 0 Å². The van der Waals surface area contributed by atoms with Gasteiger partial charge in [-0.15, -0.1) is 0 Å². The first-order valence-corrected chi connectivity index (χ1v) is 6.72. The molecule has 0 spiro atoms. The number of nitro groups is 1. The lowest BCUT2D eigenvalue weighted by atomic mass is 10.0. The number of hydrogen-bond acceptors (Lipinski definition) is 5. The molecule has 0 aliphatic carbocycles. The van der Waals surface area contributed by atoms with Crippen molar-refractivity contribution < 1.29 is 19.6 Å². The SMILES string of the molecule is CC(C)C(CCO)NC(=O)COc1ccccc1[N+](=O)[O-]. The van der Waals surface area contributed by atoms with E-state index in [2.05, 4.69) is 5.32 Å². The van der Waals surface area contributed by atoms with Crippen LogP contribution in [0.4, 0.5) is 5.69 Å². The van der Waals surface area contributed by atoms with Gasteiger partial charge in [0.1, 0.15) is 0 Å². The normalized spacial score (nSPS) is 12.0. The number of para-hydroxylation sites is 2. The standard InChI is InChI=1S/C14H20N2O5/c1-10(2)11(7-8-17)15-14(18)9-21-13-6-4-3-5-12(13)16(19)20/h3-6,10-11,17H,7-9H2,1-2H3,(H,15,18). The van der Waals surface area contributed by atoms with Gasteiger partial charge in [0, 0.05) is 18.7 Å². The molecule has 7 nitrogen and oxygen atoms in total. The van der Waals surface area contributed by atoms with Crippen molar-refractivity contribution in [3.63, 3.8) is 0 Å². The molecule has 0 saturated carbocycles. The van der Waals surface area contributed by atoms with Crippen LogP contribution in [-0.2, 0) is 4.79 Å². The first-order valence-electron chi connectivity index (χ1n) is 6.72. The average Bonchev–Trinajstić information content (AvgIpc) is 2.44. The van der Waals surface area contributed by atoms with Crippen LogP contribution in [0.15, 0.2) is 24.3 Å². The summed E-state index contributed by atoms with van der Waals surface area (Å²) in [5, 5.41) is 22.5. The lowest BCUT2D eigenvalue weighted by Crippen LogP contribution is -2.41. The van der Waals surface area contributed by atoms with Crippen LogP contribution in [0.5, 0.6) is 5.75 Å². The molecule has 21 heavy (non-hydrogen) atoms. The van der Waals surface area contributed by atoms with E-state index in [1.165, 1.54) is 18.2 Å². The van der Waals surface area contributed by atoms with Gasteiger partial charge >= 0.3 is 5.69 Å². The minimum Gasteiger partial charge on any atom is -0.477 e. The highest BCUT2D eigenvalue weighted by Crippen LogP contribution is 2.25. The maximum absolute atomic E-state index is 11.8. The fraction of sp³-hybridized carbons (Fsp3) is 0.500. The number of benzene rings is 1. The molecule has 1 aromatic carbocycles. The van der Waals surface area contributed by atoms with E-state index in [4.69, 9.17) is 9.84 Å². The molecule has 0 aliphatic rings. The summed E-state index contributed by atoms with van der Waals surface area (Å²) in [6.45, 7) is 3.54. The Kier molecular flexibility index (Phi) is 6.61. The molecule has 0 saturated heterocycles. The molecule has 1 amide bonds. The molecule has 1 rings (SSSR count). The van der Waals surface area contributed by atoms with Crippen molar-refractivity contribution in [3.05, 3.63) is 34.4 Å². The number of carbonyl (C=O) groups excluding carboxylic acids is 1. The zero-order chi connectivity index (χ0) is 15.8. The van der Waals surface area contributed by atoms with Crippen molar-refractivity contribution in [1.82, 2.24) is 5.32 Å². The minimum atomic E-state index is -0.560. The predicted molar refractivity (Wildman–Crippen MR) is 77.1 cm³/mol. The van der Waals surface area contributed by atoms with Gasteiger partial charge in [0.15, 0.2) is 12.4 Å². The maximum Gasteiger partial charge on any atom is 0.310 e. The average molecular weight is 296 g/mol. The van der Waals surface area contributed by atoms with Gasteiger partial charge in [0.2, 0.25) is 0 Å². The van der Waals surface area contributed by atoms with Crippen molar-refractivity contribution in [2.24, 2.45) is 5.92 Å². The van der Waals surface area contributed by atoms with Crippen LogP contribution in [-0.4, -0.2) is 35.2 Å². The molecule has 116 valence electrons. The van der Waals surface area contributed by atoms with E-state index in [-0.39, 0.29) is 42.5 Å². The summed E-state index contributed by atoms with van der Waals surface area (Å²) in [6, 6.07) is 5.73. The van der Waals surface area contributed by atoms with Crippen molar-refractivity contribution in [2.75, 3.05) is 13.2 Å². The number of ether oxygens (including phenoxy) is 1. The zero-order valence-electron chi connectivity index (χ0n) is 12.1. The van der Waals surface area contributed by atoms with Gasteiger partial charge in [-0.1, -0.05) is 26.0 Å². The Morgan fingerprint density at radius 3 is 2.67 bits per heavy atom. The highest BCUT2D eigenvalue weighted by Gasteiger charge is 2.18. The van der Waals surface area contributed by atoms with E-state index < -0.39 is 4.92 Å². The highest BCUT2D eigenvalue weighted by molar-refractivity contribution is 5.78. The number of amides is 1. The van der Waals surface area contributed by atoms with Crippen molar-refractivity contribution >= 4 is 11.6 Å². The van der Waals surface area contributed by atoms with Crippen LogP contribution in [0, 0.1) is 16.0 Å². The predicted octanol–water partition coefficient (Wildman–Crippen LogP) is 1.50. The Hall–Kier alpha value is -2.15. The van der Waals surface area contributed by atoms with Crippen LogP contribution in [0.25, 0.3) is 0 Å². The number of nitro benzene ring substituents is 1. The smallest absolute Gasteiger partial charge is 0.310 e. The molecular weight excluding hydrogens is 276 g/mol. The molecule has 0 bridgehead atoms. The summed E-state index contributed by atoms with van der Waals surface area (Å²) >= 11 is 0. The summed E-state index contributed by atoms with van der Waals surface area (Å²) in [4.78, 5) is 22.1. The van der Waals surface area contributed by atoms with Crippen LogP contribution in [0.2, 0.25) is 0 Å². The van der Waals surface area contributed by atoms with Crippen LogP contribution < -0.4 is 10.1 Å². The summed E-state index contributed by atoms with van der Waals surface area (Å²) in [7, 11) is 0. The van der Waals surface area contributed by atoms with E-state index in [1.54, 1.807) is 6.07 Å². The van der Waals surface area contributed by atoms with E-state index in [0.717, 1.165) is 0 Å². The van der Waals surface area contributed by atoms with Crippen LogP contribution in [0.3, 0.4) is 0 Å². The lowest BCUT2D eigenvalue weighted by Gasteiger charge is -2.21. The first-order chi connectivity index (χ1) is 9.95. The fourth-order valence-electron chi connectivity index (χ4n) is 1.83. The molecule has 0 radical (unpaired) electrons. The second kappa shape index (κ2) is 8.21. The molecule has 0 fully saturated rings. The van der Waals surface area contributed by atoms with Gasteiger partial charge in [-0.3, -0.25) is 14.9 Å². The zero-order valence-corrected chi connectivity index (χ0v) is 12.1. The molecular formula is C14H20N2O5. The van der Waals surface area contributed by atoms with Gasteiger partial charge in [-0.25, -0.2) is 0 Å². The van der Waals surface area contributed by atoms with E-state index in [1.807, 2.05) is 13.8 Å². The summed E-state index contributed by atoms with van der Waals surface area (Å²) < 4.78 is 5.20. The maximum atomic E-state index is 11.8. The molecule has 1 atom stereocenters. The van der Waals surface area contributed by atoms with Gasteiger partial charge in [0.05, 0.1) is 4.92 Å². The van der Waals surface area contributed by atoms with Gasteiger partial charge < -0.3 is 15.2 Å². The number of nitrogens with one attached hydrogen (secondary N) is 1. The number of nitrogens with zero attached hydrogens (tertiary/aromatic N) is 1. The third-order valence-corrected chi connectivity index (χ3v) is 3.01. The third-order valence-electron chi connectivity index (χ3n) is 3.01. The Balaban J connectivity index is 2.59. The molecule has 1 aromatic rings. The number of hydrogen-bond donors (Lipinski definition) is 2. The number of aliphatic hydroxyl groups is 1. The summed E-state index contributed by atoms with van der Waals surface area (Å²) in [6.07, 6.45) is 0.453. The van der Waals surface area contributed by atoms with Crippen molar-refractivity contribution in [2.45, 2.75) is 26.3 Å². The van der Waals surface area contributed by atoms with Crippen LogP contribution in [0.1, 0.15) is 20.3 Å². The van der Waals surface area contributed by atoms with Gasteiger partial charge in [-0.05, 0) is 18.4 Å². The Labute approximate surface area is 123 Å². The second-order valence-electron chi connectivity index (χ2n) is 4.94. The lowest BCUT2D eigenvalue weighted by molar-refractivity contribution is -0.385. The van der Waals surface area contributed by atoms with Gasteiger partial charge in [-0.2, -0.15) is 0 Å². The van der Waals surface area contributed by atoms with Crippen molar-refractivity contribution in [3.8, 4) is 5.75 Å². The number of rotatable bonds is 8. The van der Waals surface area contributed by atoms with Crippen LogP contribution >= 0.6 is 0 Å². The Morgan fingerprint density at radius 2 is 2.10 bits per heavy atom. The topological polar surface area (TPSA) is 102 Å². The molecule has 1 unspecified atom stereocenters. The van der Waals surface area contributed by atoms with E-state index in [0.29, 0.717) is 6.42 Å². The summed E-state index contributed by atoms with van der Waals surface area (Å²) in [5.41, 5.74) is -0.180. The fourth-order valence-corrected chi connectivity index (χ4v) is 1.83. The third kappa shape index (κ3) is 5.39. The molecule has 0 aliphatic heterocycles. The minimum absolute atomic E-state index is 0.0197. The molecule has 0 heterocycles. The quantitative estimate of drug-likeness (QED) is 0.559.